The van der Waals surface area contributed by atoms with Gasteiger partial charge >= 0.3 is 18.0 Å². The van der Waals surface area contributed by atoms with Crippen LogP contribution in [-0.4, -0.2) is 23.9 Å². The maximum atomic E-state index is 13.2. The van der Waals surface area contributed by atoms with E-state index in [0.717, 1.165) is 5.32 Å². The SMILES string of the molecule is CCCCC(=O)NC(Nc1ccc(F)cc1)(C(F)(F)F)C(F)(F)F. The normalized spacial score (nSPS) is 12.8. The highest BCUT2D eigenvalue weighted by molar-refractivity contribution is 5.77. The van der Waals surface area contributed by atoms with E-state index < -0.39 is 41.8 Å². The van der Waals surface area contributed by atoms with Crippen LogP contribution in [0.2, 0.25) is 0 Å². The zero-order valence-corrected chi connectivity index (χ0v) is 12.5. The summed E-state index contributed by atoms with van der Waals surface area (Å²) < 4.78 is 92.3. The van der Waals surface area contributed by atoms with Gasteiger partial charge in [0.1, 0.15) is 5.82 Å². The summed E-state index contributed by atoms with van der Waals surface area (Å²) in [5, 5.41) is 2.27. The summed E-state index contributed by atoms with van der Waals surface area (Å²) in [6.07, 6.45) is -11.7. The summed E-state index contributed by atoms with van der Waals surface area (Å²) in [6, 6.07) is 2.80. The van der Waals surface area contributed by atoms with Crippen LogP contribution in [0.3, 0.4) is 0 Å². The monoisotopic (exact) mass is 360 g/mol. The number of anilines is 1. The van der Waals surface area contributed by atoms with Crippen molar-refractivity contribution in [2.24, 2.45) is 0 Å². The highest BCUT2D eigenvalue weighted by atomic mass is 19.4. The van der Waals surface area contributed by atoms with Crippen molar-refractivity contribution >= 4 is 11.6 Å². The van der Waals surface area contributed by atoms with Gasteiger partial charge in [-0.15, -0.1) is 0 Å². The largest absolute Gasteiger partial charge is 0.439 e. The Morgan fingerprint density at radius 2 is 1.50 bits per heavy atom. The fourth-order valence-corrected chi connectivity index (χ4v) is 1.83. The lowest BCUT2D eigenvalue weighted by Gasteiger charge is -2.39. The Bertz CT molecular complexity index is 538. The van der Waals surface area contributed by atoms with Gasteiger partial charge in [-0.2, -0.15) is 26.3 Å². The molecule has 0 spiro atoms. The van der Waals surface area contributed by atoms with E-state index in [2.05, 4.69) is 0 Å². The number of nitrogens with one attached hydrogen (secondary N) is 2. The maximum absolute atomic E-state index is 13.2. The van der Waals surface area contributed by atoms with Crippen molar-refractivity contribution in [2.45, 2.75) is 44.2 Å². The first-order chi connectivity index (χ1) is 10.9. The molecule has 0 heterocycles. The lowest BCUT2D eigenvalue weighted by Crippen LogP contribution is -2.72. The van der Waals surface area contributed by atoms with Crippen molar-refractivity contribution in [3.8, 4) is 0 Å². The highest BCUT2D eigenvalue weighted by Gasteiger charge is 2.72. The van der Waals surface area contributed by atoms with Crippen LogP contribution in [-0.2, 0) is 4.79 Å². The zero-order valence-electron chi connectivity index (χ0n) is 12.5. The van der Waals surface area contributed by atoms with E-state index >= 15 is 0 Å². The van der Waals surface area contributed by atoms with Gasteiger partial charge in [-0.3, -0.25) is 4.79 Å². The number of halogens is 7. The van der Waals surface area contributed by atoms with Crippen molar-refractivity contribution < 1.29 is 35.5 Å². The molecule has 0 aliphatic heterocycles. The first-order valence-electron chi connectivity index (χ1n) is 6.91. The van der Waals surface area contributed by atoms with Gasteiger partial charge in [0.25, 0.3) is 0 Å². The third-order valence-corrected chi connectivity index (χ3v) is 3.11. The molecule has 0 radical (unpaired) electrons. The number of alkyl halides is 6. The molecule has 0 saturated carbocycles. The van der Waals surface area contributed by atoms with Crippen LogP contribution >= 0.6 is 0 Å². The number of hydrogen-bond acceptors (Lipinski definition) is 2. The minimum atomic E-state index is -5.89. The Morgan fingerprint density at radius 3 is 1.92 bits per heavy atom. The molecule has 136 valence electrons. The minimum Gasteiger partial charge on any atom is -0.348 e. The summed E-state index contributed by atoms with van der Waals surface area (Å²) in [4.78, 5) is 11.5. The van der Waals surface area contributed by atoms with Gasteiger partial charge in [0.05, 0.1) is 0 Å². The molecule has 0 aliphatic carbocycles. The second-order valence-electron chi connectivity index (χ2n) is 5.03. The van der Waals surface area contributed by atoms with Crippen LogP contribution in [0.4, 0.5) is 36.4 Å². The molecule has 1 amide bonds. The standard InChI is InChI=1S/C14H15F7N2O/c1-2-3-4-11(24)23-12(13(16,17)18,14(19,20)21)22-10-7-5-9(15)6-8-10/h5-8,22H,2-4H2,1H3,(H,23,24). The Morgan fingerprint density at radius 1 is 1.00 bits per heavy atom. The van der Waals surface area contributed by atoms with Gasteiger partial charge in [-0.25, -0.2) is 4.39 Å². The molecule has 0 fully saturated rings. The molecule has 0 aliphatic rings. The van der Waals surface area contributed by atoms with Crippen LogP contribution < -0.4 is 10.6 Å². The first-order valence-corrected chi connectivity index (χ1v) is 6.91. The highest BCUT2D eigenvalue weighted by Crippen LogP contribution is 2.43. The average molecular weight is 360 g/mol. The predicted octanol–water partition coefficient (Wildman–Crippen LogP) is 4.36. The van der Waals surface area contributed by atoms with Gasteiger partial charge < -0.3 is 10.6 Å². The van der Waals surface area contributed by atoms with Crippen molar-refractivity contribution in [1.29, 1.82) is 0 Å². The predicted molar refractivity (Wildman–Crippen MR) is 72.5 cm³/mol. The fraction of sp³-hybridized carbons (Fsp3) is 0.500. The number of amides is 1. The van der Waals surface area contributed by atoms with Gasteiger partial charge in [0, 0.05) is 12.1 Å². The summed E-state index contributed by atoms with van der Waals surface area (Å²) >= 11 is 0. The van der Waals surface area contributed by atoms with E-state index in [4.69, 9.17) is 0 Å². The molecule has 1 aromatic carbocycles. The Labute approximate surface area is 133 Å². The quantitative estimate of drug-likeness (QED) is 0.584. The fourth-order valence-electron chi connectivity index (χ4n) is 1.83. The number of rotatable bonds is 6. The smallest absolute Gasteiger partial charge is 0.348 e. The maximum Gasteiger partial charge on any atom is 0.439 e. The van der Waals surface area contributed by atoms with Crippen LogP contribution in [0.1, 0.15) is 26.2 Å². The van der Waals surface area contributed by atoms with Crippen LogP contribution in [0, 0.1) is 5.82 Å². The molecule has 10 heteroatoms. The zero-order chi connectivity index (χ0) is 18.6. The second-order valence-corrected chi connectivity index (χ2v) is 5.03. The third kappa shape index (κ3) is 4.51. The molecule has 1 rings (SSSR count). The van der Waals surface area contributed by atoms with E-state index in [0.29, 0.717) is 30.7 Å². The molecule has 0 saturated heterocycles. The van der Waals surface area contributed by atoms with Gasteiger partial charge in [0.2, 0.25) is 5.91 Å². The van der Waals surface area contributed by atoms with Crippen LogP contribution in [0.15, 0.2) is 24.3 Å². The molecule has 24 heavy (non-hydrogen) atoms. The van der Waals surface area contributed by atoms with Crippen LogP contribution in [0.5, 0.6) is 0 Å². The van der Waals surface area contributed by atoms with Gasteiger partial charge in [-0.1, -0.05) is 13.3 Å². The molecule has 0 atom stereocenters. The molecule has 3 nitrogen and oxygen atoms in total. The number of carbonyl (C=O) groups is 1. The van der Waals surface area contributed by atoms with Crippen molar-refractivity contribution in [3.63, 3.8) is 0 Å². The third-order valence-electron chi connectivity index (χ3n) is 3.11. The van der Waals surface area contributed by atoms with Crippen molar-refractivity contribution in [3.05, 3.63) is 30.1 Å². The minimum absolute atomic E-state index is 0.133. The number of carbonyl (C=O) groups excluding carboxylic acids is 1. The average Bonchev–Trinajstić information content (AvgIpc) is 2.44. The Kier molecular flexibility index (Phi) is 6.07. The number of hydrogen-bond donors (Lipinski definition) is 2. The lowest BCUT2D eigenvalue weighted by atomic mass is 10.1. The molecule has 2 N–H and O–H groups in total. The Hall–Kier alpha value is -2.00. The van der Waals surface area contributed by atoms with Crippen molar-refractivity contribution in [1.82, 2.24) is 5.32 Å². The first kappa shape index (κ1) is 20.0. The van der Waals surface area contributed by atoms with Gasteiger partial charge in [-0.05, 0) is 30.7 Å². The molecule has 0 bridgehead atoms. The molecular formula is C14H15F7N2O. The number of benzene rings is 1. The topological polar surface area (TPSA) is 41.1 Å². The van der Waals surface area contributed by atoms with E-state index in [9.17, 15) is 35.5 Å². The van der Waals surface area contributed by atoms with Gasteiger partial charge in [0.15, 0.2) is 0 Å². The Balaban J connectivity index is 3.26. The van der Waals surface area contributed by atoms with E-state index in [1.165, 1.54) is 5.32 Å². The van der Waals surface area contributed by atoms with E-state index in [-0.39, 0.29) is 6.42 Å². The molecule has 0 unspecified atom stereocenters. The molecular weight excluding hydrogens is 345 g/mol. The van der Waals surface area contributed by atoms with E-state index in [1.807, 2.05) is 0 Å². The second kappa shape index (κ2) is 7.27. The summed E-state index contributed by atoms with van der Waals surface area (Å²) in [5.74, 6) is -2.24. The van der Waals surface area contributed by atoms with Crippen LogP contribution in [0.25, 0.3) is 0 Å². The lowest BCUT2D eigenvalue weighted by molar-refractivity contribution is -0.295. The number of unbranched alkanes of at least 4 members (excludes halogenated alkanes) is 1. The molecule has 1 aromatic rings. The summed E-state index contributed by atoms with van der Waals surface area (Å²) in [6.45, 7) is 1.63. The summed E-state index contributed by atoms with van der Waals surface area (Å²) in [5.41, 5.74) is -5.33. The summed E-state index contributed by atoms with van der Waals surface area (Å²) in [7, 11) is 0. The van der Waals surface area contributed by atoms with E-state index in [1.54, 1.807) is 6.92 Å². The molecule has 0 aromatic heterocycles. The van der Waals surface area contributed by atoms with Crippen molar-refractivity contribution in [2.75, 3.05) is 5.32 Å².